The third-order valence-corrected chi connectivity index (χ3v) is 4.29. The van der Waals surface area contributed by atoms with Crippen molar-refractivity contribution in [2.75, 3.05) is 19.5 Å². The first-order valence-corrected chi connectivity index (χ1v) is 8.73. The second-order valence-corrected chi connectivity index (χ2v) is 6.68. The maximum atomic E-state index is 12.7. The van der Waals surface area contributed by atoms with Crippen molar-refractivity contribution in [2.24, 2.45) is 7.05 Å². The van der Waals surface area contributed by atoms with Crippen molar-refractivity contribution >= 4 is 16.6 Å². The number of anilines is 1. The van der Waals surface area contributed by atoms with E-state index >= 15 is 0 Å². The molecule has 0 bridgehead atoms. The molecule has 0 fully saturated rings. The minimum Gasteiger partial charge on any atom is -0.492 e. The molecule has 1 aromatic carbocycles. The number of nitrogens with zero attached hydrogens (tertiary/aromatic N) is 1. The van der Waals surface area contributed by atoms with Gasteiger partial charge in [-0.25, -0.2) is 0 Å². The van der Waals surface area contributed by atoms with E-state index in [1.807, 2.05) is 12.1 Å². The van der Waals surface area contributed by atoms with Crippen LogP contribution in [0.1, 0.15) is 33.6 Å². The molecule has 26 heavy (non-hydrogen) atoms. The van der Waals surface area contributed by atoms with Crippen molar-refractivity contribution in [1.82, 2.24) is 4.57 Å². The maximum Gasteiger partial charge on any atom is 0.297 e. The van der Waals surface area contributed by atoms with Crippen LogP contribution in [-0.4, -0.2) is 18.3 Å². The van der Waals surface area contributed by atoms with Crippen molar-refractivity contribution in [3.8, 4) is 11.5 Å². The summed E-state index contributed by atoms with van der Waals surface area (Å²) >= 11 is 0. The van der Waals surface area contributed by atoms with Crippen LogP contribution in [0, 0.1) is 0 Å². The van der Waals surface area contributed by atoms with Gasteiger partial charge in [-0.3, -0.25) is 4.79 Å². The van der Waals surface area contributed by atoms with Gasteiger partial charge in [-0.2, -0.15) is 0 Å². The fourth-order valence-corrected chi connectivity index (χ4v) is 2.79. The lowest BCUT2D eigenvalue weighted by Gasteiger charge is -2.15. The molecule has 0 aliphatic rings. The van der Waals surface area contributed by atoms with Crippen LogP contribution in [0.4, 0.5) is 5.69 Å². The second-order valence-electron chi connectivity index (χ2n) is 6.68. The zero-order chi connectivity index (χ0) is 19.3. The largest absolute Gasteiger partial charge is 0.492 e. The summed E-state index contributed by atoms with van der Waals surface area (Å²) < 4.78 is 12.8. The van der Waals surface area contributed by atoms with E-state index in [2.05, 4.69) is 26.8 Å². The van der Waals surface area contributed by atoms with Crippen molar-refractivity contribution < 1.29 is 9.47 Å². The first kappa shape index (κ1) is 19.6. The normalized spacial score (nSPS) is 11.5. The monoisotopic (exact) mass is 356 g/mol. The van der Waals surface area contributed by atoms with Gasteiger partial charge in [0.2, 0.25) is 5.75 Å². The van der Waals surface area contributed by atoms with Gasteiger partial charge in [0.05, 0.1) is 12.6 Å². The highest BCUT2D eigenvalue weighted by Crippen LogP contribution is 2.33. The Bertz CT molecular complexity index is 904. The topological polar surface area (TPSA) is 66.5 Å². The molecule has 0 unspecified atom stereocenters. The zero-order valence-corrected chi connectivity index (χ0v) is 16.3. The van der Waals surface area contributed by atoms with Gasteiger partial charge in [-0.15, -0.1) is 0 Å². The SMILES string of the molecule is COc1c(OCC=C(C)CCC=C(C)C)c(=O)n(C)c2cc(N)ccc12. The van der Waals surface area contributed by atoms with E-state index in [0.717, 1.165) is 18.2 Å². The maximum absolute atomic E-state index is 12.7. The Labute approximate surface area is 154 Å². The minimum absolute atomic E-state index is 0.223. The molecule has 0 radical (unpaired) electrons. The Morgan fingerprint density at radius 1 is 1.19 bits per heavy atom. The van der Waals surface area contributed by atoms with Crippen molar-refractivity contribution in [2.45, 2.75) is 33.6 Å². The van der Waals surface area contributed by atoms with Crippen LogP contribution in [0.2, 0.25) is 0 Å². The predicted molar refractivity (Wildman–Crippen MR) is 108 cm³/mol. The number of methoxy groups -OCH3 is 1. The van der Waals surface area contributed by atoms with Gasteiger partial charge in [0.25, 0.3) is 5.56 Å². The Morgan fingerprint density at radius 3 is 2.58 bits per heavy atom. The Balaban J connectivity index is 2.27. The lowest BCUT2D eigenvalue weighted by atomic mass is 10.1. The van der Waals surface area contributed by atoms with Crippen LogP contribution in [-0.2, 0) is 7.05 Å². The Morgan fingerprint density at radius 2 is 1.92 bits per heavy atom. The number of benzene rings is 1. The van der Waals surface area contributed by atoms with Gasteiger partial charge in [0.1, 0.15) is 6.61 Å². The molecule has 2 aromatic rings. The first-order valence-electron chi connectivity index (χ1n) is 8.73. The quantitative estimate of drug-likeness (QED) is 0.596. The molecule has 0 aliphatic carbocycles. The summed E-state index contributed by atoms with van der Waals surface area (Å²) in [6.07, 6.45) is 6.20. The number of aromatic nitrogens is 1. The molecule has 2 rings (SSSR count). The summed E-state index contributed by atoms with van der Waals surface area (Å²) in [5.74, 6) is 0.666. The van der Waals surface area contributed by atoms with E-state index in [-0.39, 0.29) is 11.3 Å². The van der Waals surface area contributed by atoms with Crippen LogP contribution >= 0.6 is 0 Å². The van der Waals surface area contributed by atoms with Crippen LogP contribution in [0.5, 0.6) is 11.5 Å². The lowest BCUT2D eigenvalue weighted by Crippen LogP contribution is -2.21. The van der Waals surface area contributed by atoms with E-state index < -0.39 is 0 Å². The number of rotatable bonds is 7. The molecule has 0 saturated carbocycles. The zero-order valence-electron chi connectivity index (χ0n) is 16.3. The van der Waals surface area contributed by atoms with Gasteiger partial charge < -0.3 is 19.8 Å². The number of ether oxygens (including phenoxy) is 2. The molecule has 5 heteroatoms. The van der Waals surface area contributed by atoms with Crippen LogP contribution in [0.3, 0.4) is 0 Å². The molecule has 0 spiro atoms. The van der Waals surface area contributed by atoms with Gasteiger partial charge in [0.15, 0.2) is 5.75 Å². The van der Waals surface area contributed by atoms with Crippen molar-refractivity contribution in [1.29, 1.82) is 0 Å². The highest BCUT2D eigenvalue weighted by atomic mass is 16.5. The molecule has 0 amide bonds. The number of nitrogen functional groups attached to an aromatic ring is 1. The second kappa shape index (κ2) is 8.61. The lowest BCUT2D eigenvalue weighted by molar-refractivity contribution is 0.321. The summed E-state index contributed by atoms with van der Waals surface area (Å²) in [5, 5.41) is 0.794. The van der Waals surface area contributed by atoms with E-state index in [1.165, 1.54) is 22.8 Å². The number of pyridine rings is 1. The molecule has 1 heterocycles. The van der Waals surface area contributed by atoms with Gasteiger partial charge in [-0.1, -0.05) is 17.2 Å². The molecule has 2 N–H and O–H groups in total. The first-order chi connectivity index (χ1) is 12.3. The van der Waals surface area contributed by atoms with Gasteiger partial charge in [0, 0.05) is 18.1 Å². The smallest absolute Gasteiger partial charge is 0.297 e. The molecule has 5 nitrogen and oxygen atoms in total. The van der Waals surface area contributed by atoms with E-state index in [1.54, 1.807) is 19.2 Å². The average Bonchev–Trinajstić information content (AvgIpc) is 2.59. The fraction of sp³-hybridized carbons (Fsp3) is 0.381. The predicted octanol–water partition coefficient (Wildman–Crippen LogP) is 4.20. The molecular weight excluding hydrogens is 328 g/mol. The summed E-state index contributed by atoms with van der Waals surface area (Å²) in [7, 11) is 3.24. The highest BCUT2D eigenvalue weighted by molar-refractivity contribution is 5.90. The van der Waals surface area contributed by atoms with Crippen LogP contribution in [0.15, 0.2) is 46.3 Å². The van der Waals surface area contributed by atoms with Crippen LogP contribution < -0.4 is 20.8 Å². The summed E-state index contributed by atoms with van der Waals surface area (Å²) in [5.41, 5.74) is 9.46. The number of aryl methyl sites for hydroxylation is 1. The number of nitrogens with two attached hydrogens (primary N) is 1. The van der Waals surface area contributed by atoms with E-state index in [4.69, 9.17) is 15.2 Å². The van der Waals surface area contributed by atoms with E-state index in [0.29, 0.717) is 23.6 Å². The average molecular weight is 356 g/mol. The number of allylic oxidation sites excluding steroid dienone is 3. The molecular formula is C21H28N2O3. The minimum atomic E-state index is -0.240. The molecule has 1 aromatic heterocycles. The van der Waals surface area contributed by atoms with E-state index in [9.17, 15) is 4.79 Å². The highest BCUT2D eigenvalue weighted by Gasteiger charge is 2.17. The Hall–Kier alpha value is -2.69. The number of hydrogen-bond acceptors (Lipinski definition) is 4. The van der Waals surface area contributed by atoms with Crippen molar-refractivity contribution in [3.63, 3.8) is 0 Å². The van der Waals surface area contributed by atoms with Gasteiger partial charge >= 0.3 is 0 Å². The summed E-state index contributed by atoms with van der Waals surface area (Å²) in [4.78, 5) is 12.7. The summed E-state index contributed by atoms with van der Waals surface area (Å²) in [6, 6.07) is 5.39. The third kappa shape index (κ3) is 4.48. The molecule has 0 saturated heterocycles. The molecule has 0 aliphatic heterocycles. The van der Waals surface area contributed by atoms with Gasteiger partial charge in [-0.05, 0) is 57.9 Å². The standard InChI is InChI=1S/C21H28N2O3/c1-14(2)7-6-8-15(3)11-12-26-20-19(25-5)17-10-9-16(22)13-18(17)23(4)21(20)24/h7,9-11,13H,6,8,12,22H2,1-5H3. The molecule has 140 valence electrons. The number of fused-ring (bicyclic) bond motifs is 1. The molecule has 0 atom stereocenters. The van der Waals surface area contributed by atoms with Crippen molar-refractivity contribution in [3.05, 3.63) is 51.9 Å². The summed E-state index contributed by atoms with van der Waals surface area (Å²) in [6.45, 7) is 6.59. The number of hydrogen-bond donors (Lipinski definition) is 1. The third-order valence-electron chi connectivity index (χ3n) is 4.29. The fourth-order valence-electron chi connectivity index (χ4n) is 2.79. The Kier molecular flexibility index (Phi) is 6.50. The van der Waals surface area contributed by atoms with Crippen LogP contribution in [0.25, 0.3) is 10.9 Å².